The van der Waals surface area contributed by atoms with E-state index in [0.29, 0.717) is 6.42 Å². The Morgan fingerprint density at radius 3 is 2.54 bits per heavy atom. The summed E-state index contributed by atoms with van der Waals surface area (Å²) in [5.41, 5.74) is 5.37. The number of rotatable bonds is 3. The van der Waals surface area contributed by atoms with Gasteiger partial charge in [-0.3, -0.25) is 4.79 Å². The summed E-state index contributed by atoms with van der Waals surface area (Å²) in [6, 6.07) is 0.121. The van der Waals surface area contributed by atoms with E-state index < -0.39 is 12.0 Å². The molecule has 1 amide bonds. The summed E-state index contributed by atoms with van der Waals surface area (Å²) in [6.45, 7) is 5.45. The summed E-state index contributed by atoms with van der Waals surface area (Å²) < 4.78 is 0. The Kier molecular flexibility index (Phi) is 5.06. The van der Waals surface area contributed by atoms with Gasteiger partial charge in [0.25, 0.3) is 5.91 Å². The lowest BCUT2D eigenvalue weighted by Crippen LogP contribution is -2.38. The number of nitrogens with two attached hydrogens (primary N) is 1. The lowest BCUT2D eigenvalue weighted by Gasteiger charge is -2.08. The second-order valence-corrected chi connectivity index (χ2v) is 3.06. The first-order valence-electron chi connectivity index (χ1n) is 4.30. The second-order valence-electron chi connectivity index (χ2n) is 3.06. The Morgan fingerprint density at radius 2 is 2.15 bits per heavy atom. The topological polar surface area (TPSA) is 87.7 Å². The highest BCUT2D eigenvalue weighted by atomic mass is 16.3. The average molecular weight is 187 g/mol. The Labute approximate surface area is 78.0 Å². The van der Waals surface area contributed by atoms with Crippen LogP contribution in [0.5, 0.6) is 0 Å². The number of nitrogens with zero attached hydrogens (tertiary/aromatic N) is 1. The van der Waals surface area contributed by atoms with E-state index >= 15 is 0 Å². The van der Waals surface area contributed by atoms with Crippen molar-refractivity contribution < 1.29 is 9.90 Å². The monoisotopic (exact) mass is 187 g/mol. The van der Waals surface area contributed by atoms with E-state index in [1.54, 1.807) is 6.92 Å². The molecule has 4 N–H and O–H groups in total. The Bertz CT molecular complexity index is 202. The van der Waals surface area contributed by atoms with E-state index in [1.807, 2.05) is 13.8 Å². The highest BCUT2D eigenvalue weighted by Gasteiger charge is 2.11. The van der Waals surface area contributed by atoms with Crippen LogP contribution in [0.1, 0.15) is 27.2 Å². The lowest BCUT2D eigenvalue weighted by atomic mass is 10.3. The van der Waals surface area contributed by atoms with Crippen molar-refractivity contribution in [2.45, 2.75) is 39.3 Å². The Morgan fingerprint density at radius 1 is 1.62 bits per heavy atom. The normalized spacial score (nSPS) is 14.4. The van der Waals surface area contributed by atoms with Crippen LogP contribution in [0.2, 0.25) is 0 Å². The van der Waals surface area contributed by atoms with E-state index in [4.69, 9.17) is 10.8 Å². The van der Waals surface area contributed by atoms with Crippen LogP contribution in [0.3, 0.4) is 0 Å². The minimum Gasteiger partial charge on any atom is -0.383 e. The molecule has 5 nitrogen and oxygen atoms in total. The van der Waals surface area contributed by atoms with Gasteiger partial charge >= 0.3 is 0 Å². The zero-order chi connectivity index (χ0) is 10.4. The van der Waals surface area contributed by atoms with Gasteiger partial charge in [0.2, 0.25) is 0 Å². The predicted molar refractivity (Wildman–Crippen MR) is 51.2 cm³/mol. The molecule has 1 unspecified atom stereocenters. The molecule has 1 atom stereocenters. The highest BCUT2D eigenvalue weighted by molar-refractivity contribution is 5.94. The second kappa shape index (κ2) is 5.53. The number of amides is 1. The van der Waals surface area contributed by atoms with E-state index in [0.717, 1.165) is 0 Å². The molecule has 0 rings (SSSR count). The quantitative estimate of drug-likeness (QED) is 0.414. The average Bonchev–Trinajstić information content (AvgIpc) is 2.01. The summed E-state index contributed by atoms with van der Waals surface area (Å²) in [6.07, 6.45) is -0.704. The molecule has 0 aliphatic carbocycles. The molecular formula is C8H17N3O2. The van der Waals surface area contributed by atoms with Gasteiger partial charge in [0, 0.05) is 6.04 Å². The minimum absolute atomic E-state index is 0.0486. The molecule has 0 aromatic rings. The fourth-order valence-electron chi connectivity index (χ4n) is 0.696. The van der Waals surface area contributed by atoms with Crippen LogP contribution in [0.4, 0.5) is 0 Å². The highest BCUT2D eigenvalue weighted by Crippen LogP contribution is 1.92. The number of carbonyl (C=O) groups excluding carboxylic acids is 1. The van der Waals surface area contributed by atoms with Crippen LogP contribution in [0.15, 0.2) is 4.99 Å². The molecule has 0 aromatic carbocycles. The number of hydrogen-bond acceptors (Lipinski definition) is 2. The first kappa shape index (κ1) is 11.9. The number of hydrogen-bond donors (Lipinski definition) is 3. The molecule has 0 spiro atoms. The van der Waals surface area contributed by atoms with E-state index in [1.165, 1.54) is 0 Å². The van der Waals surface area contributed by atoms with Gasteiger partial charge in [-0.25, -0.2) is 0 Å². The summed E-state index contributed by atoms with van der Waals surface area (Å²) >= 11 is 0. The lowest BCUT2D eigenvalue weighted by molar-refractivity contribution is -0.125. The van der Waals surface area contributed by atoms with Gasteiger partial charge < -0.3 is 16.2 Å². The molecule has 0 bridgehead atoms. The third-order valence-electron chi connectivity index (χ3n) is 1.34. The molecule has 0 aliphatic rings. The third kappa shape index (κ3) is 5.19. The number of aliphatic hydroxyl groups excluding tert-OH is 1. The van der Waals surface area contributed by atoms with Crippen LogP contribution in [0.25, 0.3) is 0 Å². The number of aliphatic hydroxyl groups is 1. The summed E-state index contributed by atoms with van der Waals surface area (Å²) in [5.74, 6) is -0.555. The largest absolute Gasteiger partial charge is 0.383 e. The number of nitrogens with one attached hydrogen (secondary N) is 1. The Balaban J connectivity index is 4.13. The Hall–Kier alpha value is -1.10. The minimum atomic E-state index is -1.05. The molecule has 0 saturated heterocycles. The standard InChI is InChI=1S/C8H17N3O2/c1-4-6(12)7(13)11-8(9)10-5(2)3/h5-6,12H,4H2,1-3H3,(H3,9,10,11,13). The molecule has 13 heavy (non-hydrogen) atoms. The van der Waals surface area contributed by atoms with Crippen molar-refractivity contribution >= 4 is 11.9 Å². The van der Waals surface area contributed by atoms with Crippen molar-refractivity contribution in [2.24, 2.45) is 10.7 Å². The van der Waals surface area contributed by atoms with Gasteiger partial charge in [0.05, 0.1) is 0 Å². The first-order valence-corrected chi connectivity index (χ1v) is 4.30. The number of guanidine groups is 1. The SMILES string of the molecule is CCC(O)C(=O)/N=C(\N)NC(C)C. The van der Waals surface area contributed by atoms with E-state index in [-0.39, 0.29) is 12.0 Å². The molecule has 0 aromatic heterocycles. The molecular weight excluding hydrogens is 170 g/mol. The van der Waals surface area contributed by atoms with Crippen LogP contribution in [-0.2, 0) is 4.79 Å². The van der Waals surface area contributed by atoms with Crippen molar-refractivity contribution in [3.63, 3.8) is 0 Å². The molecule has 76 valence electrons. The number of aliphatic imine (C=N–C) groups is 1. The van der Waals surface area contributed by atoms with Gasteiger partial charge in [-0.2, -0.15) is 4.99 Å². The zero-order valence-corrected chi connectivity index (χ0v) is 8.24. The summed E-state index contributed by atoms with van der Waals surface area (Å²) in [4.78, 5) is 14.5. The van der Waals surface area contributed by atoms with Crippen LogP contribution in [-0.4, -0.2) is 29.1 Å². The smallest absolute Gasteiger partial charge is 0.277 e. The van der Waals surface area contributed by atoms with Gasteiger partial charge in [-0.05, 0) is 20.3 Å². The van der Waals surface area contributed by atoms with E-state index in [9.17, 15) is 4.79 Å². The number of carbonyl (C=O) groups is 1. The van der Waals surface area contributed by atoms with Crippen molar-refractivity contribution in [1.29, 1.82) is 0 Å². The van der Waals surface area contributed by atoms with Crippen molar-refractivity contribution in [2.75, 3.05) is 0 Å². The molecule has 0 fully saturated rings. The molecule has 0 aliphatic heterocycles. The fourth-order valence-corrected chi connectivity index (χ4v) is 0.696. The molecule has 0 heterocycles. The predicted octanol–water partition coefficient (Wildman–Crippen LogP) is -0.403. The molecule has 0 radical (unpaired) electrons. The molecule has 5 heteroatoms. The maximum atomic E-state index is 11.0. The van der Waals surface area contributed by atoms with Gasteiger partial charge in [-0.15, -0.1) is 0 Å². The molecule has 0 saturated carbocycles. The van der Waals surface area contributed by atoms with Gasteiger partial charge in [0.15, 0.2) is 5.96 Å². The van der Waals surface area contributed by atoms with Crippen molar-refractivity contribution in [1.82, 2.24) is 5.32 Å². The summed E-state index contributed by atoms with van der Waals surface area (Å²) in [5, 5.41) is 11.8. The van der Waals surface area contributed by atoms with Crippen LogP contribution in [0, 0.1) is 0 Å². The maximum absolute atomic E-state index is 11.0. The summed E-state index contributed by atoms with van der Waals surface area (Å²) in [7, 11) is 0. The van der Waals surface area contributed by atoms with E-state index in [2.05, 4.69) is 10.3 Å². The first-order chi connectivity index (χ1) is 5.97. The third-order valence-corrected chi connectivity index (χ3v) is 1.34. The van der Waals surface area contributed by atoms with Crippen LogP contribution < -0.4 is 11.1 Å². The zero-order valence-electron chi connectivity index (χ0n) is 8.24. The fraction of sp³-hybridized carbons (Fsp3) is 0.750. The maximum Gasteiger partial charge on any atom is 0.277 e. The van der Waals surface area contributed by atoms with Crippen molar-refractivity contribution in [3.8, 4) is 0 Å². The van der Waals surface area contributed by atoms with Gasteiger partial charge in [0.1, 0.15) is 6.10 Å². The van der Waals surface area contributed by atoms with Crippen LogP contribution >= 0.6 is 0 Å². The van der Waals surface area contributed by atoms with Crippen molar-refractivity contribution in [3.05, 3.63) is 0 Å². The van der Waals surface area contributed by atoms with Gasteiger partial charge in [-0.1, -0.05) is 6.92 Å².